The molecule has 4 rings (SSSR count). The molecule has 1 N–H and O–H groups in total. The summed E-state index contributed by atoms with van der Waals surface area (Å²) in [5.41, 5.74) is 1.65. The number of nitrogens with one attached hydrogen (secondary N) is 1. The first-order valence-corrected chi connectivity index (χ1v) is 8.93. The molecule has 0 radical (unpaired) electrons. The molecule has 2 aromatic heterocycles. The monoisotopic (exact) mass is 351 g/mol. The minimum absolute atomic E-state index is 0.612. The number of thiophene rings is 1. The van der Waals surface area contributed by atoms with Gasteiger partial charge in [0.1, 0.15) is 11.5 Å². The fraction of sp³-hybridized carbons (Fsp3) is 0.158. The van der Waals surface area contributed by atoms with Gasteiger partial charge in [-0.2, -0.15) is 0 Å². The van der Waals surface area contributed by atoms with Crippen LogP contribution in [-0.4, -0.2) is 18.3 Å². The lowest BCUT2D eigenvalue weighted by Crippen LogP contribution is -2.14. The second-order valence-corrected chi connectivity index (χ2v) is 6.47. The lowest BCUT2D eigenvalue weighted by Gasteiger charge is -2.10. The van der Waals surface area contributed by atoms with Gasteiger partial charge in [-0.05, 0) is 49.6 Å². The first-order chi connectivity index (χ1) is 12.2. The summed E-state index contributed by atoms with van der Waals surface area (Å²) < 4.78 is 11.4. The van der Waals surface area contributed by atoms with Crippen molar-refractivity contribution in [2.45, 2.75) is 13.8 Å². The van der Waals surface area contributed by atoms with Crippen LogP contribution in [0.5, 0.6) is 5.75 Å². The summed E-state index contributed by atoms with van der Waals surface area (Å²) in [5.74, 6) is 3.60. The van der Waals surface area contributed by atoms with E-state index in [1.165, 1.54) is 0 Å². The lowest BCUT2D eigenvalue weighted by molar-refractivity contribution is 0.340. The largest absolute Gasteiger partial charge is 0.494 e. The number of furan rings is 1. The predicted molar refractivity (Wildman–Crippen MR) is 102 cm³/mol. The van der Waals surface area contributed by atoms with Crippen LogP contribution in [-0.2, 0) is 0 Å². The Morgan fingerprint density at radius 1 is 1.16 bits per heavy atom. The van der Waals surface area contributed by atoms with E-state index in [0.717, 1.165) is 27.8 Å². The zero-order valence-electron chi connectivity index (χ0n) is 13.9. The Morgan fingerprint density at radius 3 is 2.80 bits per heavy atom. The highest BCUT2D eigenvalue weighted by molar-refractivity contribution is 7.12. The highest BCUT2D eigenvalue weighted by atomic mass is 32.1. The number of hydrogen-bond acceptors (Lipinski definition) is 6. The van der Waals surface area contributed by atoms with E-state index in [9.17, 15) is 0 Å². The van der Waals surface area contributed by atoms with Crippen molar-refractivity contribution in [2.75, 3.05) is 11.9 Å². The van der Waals surface area contributed by atoms with Crippen molar-refractivity contribution in [3.05, 3.63) is 64.2 Å². The van der Waals surface area contributed by atoms with Crippen molar-refractivity contribution in [3.63, 3.8) is 0 Å². The van der Waals surface area contributed by atoms with Gasteiger partial charge in [0.2, 0.25) is 0 Å². The number of aryl methyl sites for hydroxylation is 1. The van der Waals surface area contributed by atoms with Gasteiger partial charge in [-0.1, -0.05) is 6.07 Å². The van der Waals surface area contributed by atoms with Gasteiger partial charge in [-0.25, -0.2) is 9.98 Å². The number of hydrogen-bond donors (Lipinski definition) is 1. The lowest BCUT2D eigenvalue weighted by atomic mass is 10.2. The van der Waals surface area contributed by atoms with Gasteiger partial charge in [0, 0.05) is 6.07 Å². The number of ether oxygens (including phenoxy) is 1. The number of nitrogens with zero attached hydrogens (tertiary/aromatic N) is 2. The molecule has 6 heteroatoms. The summed E-state index contributed by atoms with van der Waals surface area (Å²) in [6.45, 7) is 4.49. The van der Waals surface area contributed by atoms with Crippen molar-refractivity contribution in [1.82, 2.24) is 0 Å². The standard InChI is InChI=1S/C19H17N3O2S/c1-3-23-13-7-8-14-15(11-13)21-18(16-9-6-12(2)24-16)22-19(20-14)17-5-4-10-25-17/h4-11H,3H2,1-2H3,(H,20,21,22). The second-order valence-electron chi connectivity index (χ2n) is 5.52. The Bertz CT molecular complexity index is 955. The van der Waals surface area contributed by atoms with E-state index in [0.29, 0.717) is 24.0 Å². The molecule has 126 valence electrons. The summed E-state index contributed by atoms with van der Waals surface area (Å²) in [7, 11) is 0. The maximum Gasteiger partial charge on any atom is 0.176 e. The highest BCUT2D eigenvalue weighted by Gasteiger charge is 2.18. The SMILES string of the molecule is CCOc1ccc2c(c1)NC(c1ccc(C)o1)=NC(c1cccs1)=N2. The summed E-state index contributed by atoms with van der Waals surface area (Å²) in [6, 6.07) is 13.6. The molecule has 0 saturated carbocycles. The molecule has 1 aliphatic heterocycles. The average molecular weight is 351 g/mol. The molecule has 0 unspecified atom stereocenters. The van der Waals surface area contributed by atoms with Gasteiger partial charge >= 0.3 is 0 Å². The van der Waals surface area contributed by atoms with Gasteiger partial charge in [-0.3, -0.25) is 0 Å². The summed E-state index contributed by atoms with van der Waals surface area (Å²) >= 11 is 1.61. The number of fused-ring (bicyclic) bond motifs is 1. The van der Waals surface area contributed by atoms with E-state index in [-0.39, 0.29) is 0 Å². The Labute approximate surface area is 149 Å². The van der Waals surface area contributed by atoms with E-state index >= 15 is 0 Å². The van der Waals surface area contributed by atoms with Gasteiger partial charge in [0.15, 0.2) is 17.4 Å². The summed E-state index contributed by atoms with van der Waals surface area (Å²) in [6.07, 6.45) is 0. The van der Waals surface area contributed by atoms with E-state index in [4.69, 9.17) is 19.1 Å². The Kier molecular flexibility index (Phi) is 4.11. The van der Waals surface area contributed by atoms with Gasteiger partial charge in [-0.15, -0.1) is 11.3 Å². The van der Waals surface area contributed by atoms with Crippen molar-refractivity contribution in [1.29, 1.82) is 0 Å². The van der Waals surface area contributed by atoms with E-state index < -0.39 is 0 Å². The quantitative estimate of drug-likeness (QED) is 0.719. The molecular formula is C19H17N3O2S. The first kappa shape index (κ1) is 15.7. The van der Waals surface area contributed by atoms with Gasteiger partial charge in [0.25, 0.3) is 0 Å². The molecule has 0 amide bonds. The van der Waals surface area contributed by atoms with Crippen LogP contribution < -0.4 is 10.1 Å². The van der Waals surface area contributed by atoms with Crippen molar-refractivity contribution in [3.8, 4) is 5.75 Å². The van der Waals surface area contributed by atoms with Crippen LogP contribution >= 0.6 is 11.3 Å². The number of aliphatic imine (C=N–C) groups is 2. The molecule has 0 aliphatic carbocycles. The highest BCUT2D eigenvalue weighted by Crippen LogP contribution is 2.33. The molecular weight excluding hydrogens is 334 g/mol. The molecule has 0 bridgehead atoms. The normalized spacial score (nSPS) is 13.4. The van der Waals surface area contributed by atoms with Crippen molar-refractivity contribution >= 4 is 34.4 Å². The first-order valence-electron chi connectivity index (χ1n) is 8.05. The van der Waals surface area contributed by atoms with Crippen LogP contribution in [0.1, 0.15) is 23.3 Å². The fourth-order valence-corrected chi connectivity index (χ4v) is 3.22. The topological polar surface area (TPSA) is 59.1 Å². The average Bonchev–Trinajstić information content (AvgIpc) is 3.24. The Balaban J connectivity index is 1.84. The molecule has 5 nitrogen and oxygen atoms in total. The number of anilines is 1. The molecule has 0 atom stereocenters. The van der Waals surface area contributed by atoms with Crippen molar-refractivity contribution < 1.29 is 9.15 Å². The third-order valence-electron chi connectivity index (χ3n) is 3.69. The molecule has 1 aliphatic rings. The van der Waals surface area contributed by atoms with E-state index in [2.05, 4.69) is 5.32 Å². The minimum Gasteiger partial charge on any atom is -0.494 e. The zero-order valence-corrected chi connectivity index (χ0v) is 14.8. The van der Waals surface area contributed by atoms with Crippen LogP contribution in [0.4, 0.5) is 11.4 Å². The molecule has 0 saturated heterocycles. The Hall–Kier alpha value is -2.86. The van der Waals surface area contributed by atoms with E-state index in [1.807, 2.05) is 61.7 Å². The third kappa shape index (κ3) is 3.21. The zero-order chi connectivity index (χ0) is 17.2. The summed E-state index contributed by atoms with van der Waals surface area (Å²) in [4.78, 5) is 10.5. The van der Waals surface area contributed by atoms with Crippen LogP contribution in [0, 0.1) is 6.92 Å². The molecule has 3 heterocycles. The number of rotatable bonds is 4. The van der Waals surface area contributed by atoms with Gasteiger partial charge in [0.05, 0.1) is 22.9 Å². The molecule has 3 aromatic rings. The van der Waals surface area contributed by atoms with Crippen LogP contribution in [0.25, 0.3) is 0 Å². The summed E-state index contributed by atoms with van der Waals surface area (Å²) in [5, 5.41) is 5.36. The van der Waals surface area contributed by atoms with Gasteiger partial charge < -0.3 is 14.5 Å². The fourth-order valence-electron chi connectivity index (χ4n) is 2.56. The molecule has 25 heavy (non-hydrogen) atoms. The van der Waals surface area contributed by atoms with E-state index in [1.54, 1.807) is 11.3 Å². The molecule has 0 spiro atoms. The third-order valence-corrected chi connectivity index (χ3v) is 4.56. The number of amidine groups is 2. The maximum atomic E-state index is 5.76. The van der Waals surface area contributed by atoms with Crippen LogP contribution in [0.2, 0.25) is 0 Å². The second kappa shape index (κ2) is 6.57. The smallest absolute Gasteiger partial charge is 0.176 e. The van der Waals surface area contributed by atoms with Crippen LogP contribution in [0.3, 0.4) is 0 Å². The molecule has 1 aromatic carbocycles. The molecule has 0 fully saturated rings. The van der Waals surface area contributed by atoms with Crippen molar-refractivity contribution in [2.24, 2.45) is 9.98 Å². The van der Waals surface area contributed by atoms with Crippen LogP contribution in [0.15, 0.2) is 62.2 Å². The predicted octanol–water partition coefficient (Wildman–Crippen LogP) is 5.00. The minimum atomic E-state index is 0.612. The maximum absolute atomic E-state index is 5.76. The number of benzene rings is 1. The Morgan fingerprint density at radius 2 is 2.08 bits per heavy atom.